The van der Waals surface area contributed by atoms with Crippen LogP contribution in [-0.2, 0) is 22.3 Å². The number of rotatable bonds is 7. The Hall–Kier alpha value is -2.25. The quantitative estimate of drug-likeness (QED) is 0.461. The van der Waals surface area contributed by atoms with E-state index in [1.165, 1.54) is 6.07 Å². The van der Waals surface area contributed by atoms with Crippen LogP contribution in [0.2, 0.25) is 0 Å². The van der Waals surface area contributed by atoms with Gasteiger partial charge in [-0.3, -0.25) is 0 Å². The highest BCUT2D eigenvalue weighted by molar-refractivity contribution is 5.54. The summed E-state index contributed by atoms with van der Waals surface area (Å²) in [7, 11) is 0. The van der Waals surface area contributed by atoms with Gasteiger partial charge in [0.2, 0.25) is 11.6 Å². The largest absolute Gasteiger partial charge is 0.491 e. The second-order valence-electron chi connectivity index (χ2n) is 8.02. The summed E-state index contributed by atoms with van der Waals surface area (Å²) >= 11 is 0. The van der Waals surface area contributed by atoms with Gasteiger partial charge in [0, 0.05) is 29.9 Å². The van der Waals surface area contributed by atoms with E-state index in [9.17, 15) is 8.78 Å². The fourth-order valence-electron chi connectivity index (χ4n) is 4.12. The topological polar surface area (TPSA) is 36.9 Å². The monoisotopic (exact) mass is 436 g/mol. The number of aryl methyl sites for hydroxylation is 1. The standard InChI is InChI=1S/C24H27F3O4/c1-3-5-14-12-29-19(30-13-14)9-8-15-6-7-16-10-17-11-18(28-4-2)21(26)22(27)24(17)31-23(16)20(15)25/h6-7,11,14,19H,3-5,8-10,12-13H2,1-2H3. The van der Waals surface area contributed by atoms with Crippen LogP contribution >= 0.6 is 0 Å². The lowest BCUT2D eigenvalue weighted by Crippen LogP contribution is -2.32. The molecule has 0 N–H and O–H groups in total. The van der Waals surface area contributed by atoms with E-state index >= 15 is 4.39 Å². The van der Waals surface area contributed by atoms with Crippen molar-refractivity contribution in [1.82, 2.24) is 0 Å². The maximum atomic E-state index is 15.1. The molecule has 2 aliphatic rings. The molecule has 0 unspecified atom stereocenters. The molecular weight excluding hydrogens is 409 g/mol. The molecule has 31 heavy (non-hydrogen) atoms. The van der Waals surface area contributed by atoms with Gasteiger partial charge in [-0.25, -0.2) is 4.39 Å². The van der Waals surface area contributed by atoms with Crippen LogP contribution in [0.3, 0.4) is 0 Å². The lowest BCUT2D eigenvalue weighted by Gasteiger charge is -2.29. The van der Waals surface area contributed by atoms with Gasteiger partial charge in [0.15, 0.2) is 29.4 Å². The Morgan fingerprint density at radius 3 is 2.39 bits per heavy atom. The van der Waals surface area contributed by atoms with Crippen molar-refractivity contribution < 1.29 is 32.1 Å². The van der Waals surface area contributed by atoms with Crippen molar-refractivity contribution >= 4 is 0 Å². The Morgan fingerprint density at radius 1 is 0.935 bits per heavy atom. The van der Waals surface area contributed by atoms with Crippen LogP contribution < -0.4 is 9.47 Å². The third-order valence-corrected chi connectivity index (χ3v) is 5.73. The molecule has 1 saturated heterocycles. The van der Waals surface area contributed by atoms with Crippen molar-refractivity contribution in [3.63, 3.8) is 0 Å². The van der Waals surface area contributed by atoms with Crippen molar-refractivity contribution in [2.24, 2.45) is 5.92 Å². The van der Waals surface area contributed by atoms with Crippen LogP contribution in [0.4, 0.5) is 13.2 Å². The van der Waals surface area contributed by atoms with Gasteiger partial charge >= 0.3 is 0 Å². The van der Waals surface area contributed by atoms with E-state index in [2.05, 4.69) is 6.92 Å². The Morgan fingerprint density at radius 2 is 1.68 bits per heavy atom. The van der Waals surface area contributed by atoms with Gasteiger partial charge in [0.25, 0.3) is 0 Å². The van der Waals surface area contributed by atoms with E-state index in [4.69, 9.17) is 18.9 Å². The Bertz CT molecular complexity index is 939. The van der Waals surface area contributed by atoms with Gasteiger partial charge in [-0.1, -0.05) is 25.5 Å². The smallest absolute Gasteiger partial charge is 0.205 e. The van der Waals surface area contributed by atoms with Gasteiger partial charge in [0.05, 0.1) is 19.8 Å². The van der Waals surface area contributed by atoms with Gasteiger partial charge in [-0.15, -0.1) is 0 Å². The number of fused-ring (bicyclic) bond motifs is 2. The molecule has 0 aliphatic carbocycles. The lowest BCUT2D eigenvalue weighted by molar-refractivity contribution is -0.203. The first-order chi connectivity index (χ1) is 15.0. The maximum Gasteiger partial charge on any atom is 0.205 e. The maximum absolute atomic E-state index is 15.1. The predicted molar refractivity (Wildman–Crippen MR) is 109 cm³/mol. The van der Waals surface area contributed by atoms with E-state index in [-0.39, 0.29) is 36.6 Å². The molecule has 4 nitrogen and oxygen atoms in total. The number of hydrogen-bond acceptors (Lipinski definition) is 4. The minimum absolute atomic E-state index is 0.0547. The highest BCUT2D eigenvalue weighted by Gasteiger charge is 2.29. The third-order valence-electron chi connectivity index (χ3n) is 5.73. The fourth-order valence-corrected chi connectivity index (χ4v) is 4.12. The molecule has 1 fully saturated rings. The zero-order valence-corrected chi connectivity index (χ0v) is 17.8. The lowest BCUT2D eigenvalue weighted by atomic mass is 9.96. The first kappa shape index (κ1) is 22.0. The van der Waals surface area contributed by atoms with E-state index in [0.29, 0.717) is 48.7 Å². The normalized spacial score (nSPS) is 20.0. The molecule has 0 spiro atoms. The molecule has 2 heterocycles. The summed E-state index contributed by atoms with van der Waals surface area (Å²) < 4.78 is 66.1. The van der Waals surface area contributed by atoms with E-state index in [0.717, 1.165) is 12.8 Å². The van der Waals surface area contributed by atoms with Crippen LogP contribution in [0.5, 0.6) is 17.2 Å². The second-order valence-corrected chi connectivity index (χ2v) is 8.02. The molecule has 7 heteroatoms. The van der Waals surface area contributed by atoms with Crippen molar-refractivity contribution in [1.29, 1.82) is 0 Å². The molecule has 0 saturated carbocycles. The van der Waals surface area contributed by atoms with E-state index < -0.39 is 17.5 Å². The number of hydrogen-bond donors (Lipinski definition) is 0. The molecule has 0 radical (unpaired) electrons. The van der Waals surface area contributed by atoms with Crippen LogP contribution in [0.15, 0.2) is 18.2 Å². The van der Waals surface area contributed by atoms with Crippen molar-refractivity contribution in [2.75, 3.05) is 19.8 Å². The molecule has 2 aromatic rings. The summed E-state index contributed by atoms with van der Waals surface area (Å²) in [6, 6.07) is 4.88. The zero-order chi connectivity index (χ0) is 22.0. The number of benzene rings is 2. The zero-order valence-electron chi connectivity index (χ0n) is 17.8. The number of halogens is 3. The molecular formula is C24H27F3O4. The van der Waals surface area contributed by atoms with Crippen LogP contribution in [0, 0.1) is 23.4 Å². The van der Waals surface area contributed by atoms with Gasteiger partial charge in [0.1, 0.15) is 0 Å². The Balaban J connectivity index is 1.47. The highest BCUT2D eigenvalue weighted by atomic mass is 19.2. The first-order valence-corrected chi connectivity index (χ1v) is 10.9. The van der Waals surface area contributed by atoms with Crippen LogP contribution in [0.25, 0.3) is 0 Å². The summed E-state index contributed by atoms with van der Waals surface area (Å²) in [5.74, 6) is -2.95. The molecule has 2 aliphatic heterocycles. The van der Waals surface area contributed by atoms with E-state index in [1.807, 2.05) is 0 Å². The Kier molecular flexibility index (Phi) is 6.72. The molecule has 0 aromatic heterocycles. The fraction of sp³-hybridized carbons (Fsp3) is 0.500. The summed E-state index contributed by atoms with van der Waals surface area (Å²) in [5.41, 5.74) is 1.43. The van der Waals surface area contributed by atoms with Crippen LogP contribution in [-0.4, -0.2) is 26.1 Å². The van der Waals surface area contributed by atoms with Gasteiger partial charge < -0.3 is 18.9 Å². The first-order valence-electron chi connectivity index (χ1n) is 10.9. The summed E-state index contributed by atoms with van der Waals surface area (Å²) in [6.45, 7) is 5.33. The minimum atomic E-state index is -1.16. The summed E-state index contributed by atoms with van der Waals surface area (Å²) in [4.78, 5) is 0. The average Bonchev–Trinajstić information content (AvgIpc) is 2.77. The second kappa shape index (κ2) is 9.49. The van der Waals surface area contributed by atoms with Crippen molar-refractivity contribution in [3.05, 3.63) is 52.3 Å². The van der Waals surface area contributed by atoms with Crippen molar-refractivity contribution in [2.45, 2.75) is 52.2 Å². The molecule has 4 rings (SSSR count). The Labute approximate surface area is 180 Å². The molecule has 168 valence electrons. The van der Waals surface area contributed by atoms with Crippen LogP contribution in [0.1, 0.15) is 49.8 Å². The number of ether oxygens (including phenoxy) is 4. The predicted octanol–water partition coefficient (Wildman–Crippen LogP) is 5.92. The van der Waals surface area contributed by atoms with Crippen molar-refractivity contribution in [3.8, 4) is 17.2 Å². The third kappa shape index (κ3) is 4.53. The summed E-state index contributed by atoms with van der Waals surface area (Å²) in [6.07, 6.45) is 2.91. The highest BCUT2D eigenvalue weighted by Crippen LogP contribution is 2.43. The molecule has 0 bridgehead atoms. The SMILES string of the molecule is CCCC1COC(CCc2ccc3c(c2F)Oc2c(cc(OCC)c(F)c2F)C3)OC1. The molecule has 0 atom stereocenters. The average molecular weight is 436 g/mol. The summed E-state index contributed by atoms with van der Waals surface area (Å²) in [5, 5.41) is 0. The molecule has 0 amide bonds. The minimum Gasteiger partial charge on any atom is -0.491 e. The molecule has 2 aromatic carbocycles. The van der Waals surface area contributed by atoms with Gasteiger partial charge in [-0.2, -0.15) is 8.78 Å². The van der Waals surface area contributed by atoms with E-state index in [1.54, 1.807) is 19.1 Å². The van der Waals surface area contributed by atoms with Gasteiger partial charge in [-0.05, 0) is 31.4 Å².